The van der Waals surface area contributed by atoms with Crippen LogP contribution in [-0.2, 0) is 31.6 Å². The van der Waals surface area contributed by atoms with E-state index in [9.17, 15) is 33.6 Å². The number of hydrogen-bond acceptors (Lipinski definition) is 10. The second-order valence-corrected chi connectivity index (χ2v) is 10.9. The van der Waals surface area contributed by atoms with Crippen molar-refractivity contribution >= 4 is 45.2 Å². The molecule has 1 fully saturated rings. The first-order valence-corrected chi connectivity index (χ1v) is 12.7. The number of nitrogens with zero attached hydrogens (tertiary/aromatic N) is 1. The number of aliphatic hydroxyl groups is 2. The Labute approximate surface area is 183 Å². The van der Waals surface area contributed by atoms with Crippen LogP contribution in [0, 0.1) is 0 Å². The van der Waals surface area contributed by atoms with Crippen molar-refractivity contribution in [3.05, 3.63) is 24.0 Å². The molecule has 0 bridgehead atoms. The van der Waals surface area contributed by atoms with Crippen LogP contribution in [0.25, 0.3) is 0 Å². The van der Waals surface area contributed by atoms with E-state index in [0.29, 0.717) is 5.57 Å². The number of rotatable bonds is 8. The highest BCUT2D eigenvalue weighted by atomic mass is 31.3. The third-order valence-corrected chi connectivity index (χ3v) is 7.82. The van der Waals surface area contributed by atoms with E-state index in [1.807, 2.05) is 0 Å². The summed E-state index contributed by atoms with van der Waals surface area (Å²) in [5, 5.41) is 19.8. The largest absolute Gasteiger partial charge is 0.490 e. The molecule has 0 aromatic carbocycles. The second-order valence-electron chi connectivity index (χ2n) is 6.59. The van der Waals surface area contributed by atoms with Gasteiger partial charge in [-0.25, -0.2) is 18.5 Å². The first-order valence-electron chi connectivity index (χ1n) is 8.15. The summed E-state index contributed by atoms with van der Waals surface area (Å²) in [6, 6.07) is -0.829. The number of allylic oxidation sites excluding steroid dienone is 1. The van der Waals surface area contributed by atoms with Crippen LogP contribution in [0.15, 0.2) is 24.0 Å². The van der Waals surface area contributed by atoms with Crippen molar-refractivity contribution in [2.24, 2.45) is 0 Å². The molecule has 6 atom stereocenters. The Morgan fingerprint density at radius 3 is 2.22 bits per heavy atom. The van der Waals surface area contributed by atoms with E-state index >= 15 is 0 Å². The molecule has 0 aliphatic carbocycles. The average Bonchev–Trinajstić information content (AvgIpc) is 2.82. The van der Waals surface area contributed by atoms with Crippen molar-refractivity contribution in [1.29, 1.82) is 0 Å². The molecule has 16 nitrogen and oxygen atoms in total. The zero-order valence-electron chi connectivity index (χ0n) is 16.0. The highest BCUT2D eigenvalue weighted by molar-refractivity contribution is 7.66. The predicted molar refractivity (Wildman–Crippen MR) is 103 cm³/mol. The minimum absolute atomic E-state index is 0.246. The summed E-state index contributed by atoms with van der Waals surface area (Å²) in [5.41, 5.74) is 0.689. The van der Waals surface area contributed by atoms with Gasteiger partial charge in [0.1, 0.15) is 34.0 Å². The van der Waals surface area contributed by atoms with Crippen LogP contribution in [0.4, 0.5) is 4.79 Å². The van der Waals surface area contributed by atoms with E-state index in [4.69, 9.17) is 35.1 Å². The molecule has 2 aliphatic heterocycles. The predicted octanol–water partition coefficient (Wildman–Crippen LogP) is -1.79. The number of carbonyl (C=O) groups is 1. The van der Waals surface area contributed by atoms with Crippen LogP contribution in [0.5, 0.6) is 0 Å². The van der Waals surface area contributed by atoms with Gasteiger partial charge in [0.2, 0.25) is 0 Å². The Bertz CT molecular complexity index is 968. The first kappa shape index (κ1) is 27.4. The lowest BCUT2D eigenvalue weighted by atomic mass is 9.61. The van der Waals surface area contributed by atoms with E-state index in [2.05, 4.69) is 25.0 Å². The molecule has 32 heavy (non-hydrogen) atoms. The number of urea groups is 1. The molecule has 0 aromatic heterocycles. The van der Waals surface area contributed by atoms with Crippen LogP contribution < -0.4 is 5.32 Å². The number of carbonyl (C=O) groups excluding carboxylic acids is 1. The molecule has 4 radical (unpaired) electrons. The minimum Gasteiger partial charge on any atom is -0.387 e. The Morgan fingerprint density at radius 1 is 1.12 bits per heavy atom. The van der Waals surface area contributed by atoms with Gasteiger partial charge in [-0.2, -0.15) is 8.62 Å². The molecular weight excluding hydrogens is 499 g/mol. The minimum atomic E-state index is -5.88. The van der Waals surface area contributed by atoms with Crippen LogP contribution in [0.3, 0.4) is 0 Å². The molecular formula is C11H17B2N2O14P3. The SMILES string of the molecule is [B]C([B])(OP(=O)(O)OP(=O)(O)OP(=O)(O)O)C1O[C@H](N2C=C(C)C(=C)NC2=O)C(O)[C@@H]1O. The maximum Gasteiger partial charge on any atom is 0.490 e. The van der Waals surface area contributed by atoms with E-state index in [-0.39, 0.29) is 5.70 Å². The maximum atomic E-state index is 12.1. The van der Waals surface area contributed by atoms with E-state index < -0.39 is 59.4 Å². The lowest BCUT2D eigenvalue weighted by Gasteiger charge is -2.36. The number of phosphoric acid groups is 3. The van der Waals surface area contributed by atoms with Gasteiger partial charge in [0, 0.05) is 17.3 Å². The van der Waals surface area contributed by atoms with Gasteiger partial charge < -0.3 is 39.8 Å². The Kier molecular flexibility index (Phi) is 7.78. The number of ether oxygens (including phenoxy) is 1. The van der Waals surface area contributed by atoms with Crippen LogP contribution in [0.2, 0.25) is 0 Å². The fraction of sp³-hybridized carbons (Fsp3) is 0.545. The van der Waals surface area contributed by atoms with Crippen molar-refractivity contribution in [1.82, 2.24) is 10.2 Å². The van der Waals surface area contributed by atoms with Gasteiger partial charge in [-0.15, -0.1) is 0 Å². The van der Waals surface area contributed by atoms with Crippen molar-refractivity contribution < 1.29 is 66.2 Å². The lowest BCUT2D eigenvalue weighted by Crippen LogP contribution is -2.51. The summed E-state index contributed by atoms with van der Waals surface area (Å²) in [7, 11) is -6.31. The number of amides is 2. The maximum absolute atomic E-state index is 12.1. The van der Waals surface area contributed by atoms with Crippen molar-refractivity contribution in [3.8, 4) is 0 Å². The fourth-order valence-electron chi connectivity index (χ4n) is 2.64. The highest BCUT2D eigenvalue weighted by Gasteiger charge is 2.55. The van der Waals surface area contributed by atoms with Crippen molar-refractivity contribution in [2.45, 2.75) is 36.9 Å². The molecule has 2 rings (SSSR count). The van der Waals surface area contributed by atoms with Crippen LogP contribution in [-0.4, -0.2) is 86.3 Å². The van der Waals surface area contributed by atoms with Gasteiger partial charge >= 0.3 is 29.5 Å². The molecule has 7 N–H and O–H groups in total. The van der Waals surface area contributed by atoms with Crippen LogP contribution >= 0.6 is 23.5 Å². The van der Waals surface area contributed by atoms with E-state index in [1.54, 1.807) is 6.92 Å². The monoisotopic (exact) mass is 516 g/mol. The summed E-state index contributed by atoms with van der Waals surface area (Å²) in [6.07, 6.45) is -6.37. The molecule has 1 saturated heterocycles. The third-order valence-electron chi connectivity index (χ3n) is 3.95. The standard InChI is InChI=1S/C11H17B2N2O14P3/c1-4-3-15(10(18)14-5(4)2)9-7(17)6(16)8(26-9)11(12,13)27-31(22,23)29-32(24,25)28-30(19,20)21/h3,6-9,16-17H,2H2,1H3,(H,14,18)(H,22,23)(H,24,25)(H2,19,20,21)/t6-,7?,8?,9-/m0/s1. The molecule has 4 unspecified atom stereocenters. The lowest BCUT2D eigenvalue weighted by molar-refractivity contribution is -0.0819. The summed E-state index contributed by atoms with van der Waals surface area (Å²) in [5.74, 6) is 0. The zero-order valence-corrected chi connectivity index (χ0v) is 18.7. The molecule has 21 heteroatoms. The smallest absolute Gasteiger partial charge is 0.387 e. The van der Waals surface area contributed by atoms with Gasteiger partial charge in [-0.1, -0.05) is 6.58 Å². The normalized spacial score (nSPS) is 31.0. The summed E-state index contributed by atoms with van der Waals surface area (Å²) >= 11 is 0. The quantitative estimate of drug-likeness (QED) is 0.139. The van der Waals surface area contributed by atoms with Gasteiger partial charge in [-0.3, -0.25) is 9.42 Å². The molecule has 0 saturated carbocycles. The van der Waals surface area contributed by atoms with Gasteiger partial charge in [0.25, 0.3) is 0 Å². The summed E-state index contributed by atoms with van der Waals surface area (Å²) < 4.78 is 50.7. The van der Waals surface area contributed by atoms with Crippen molar-refractivity contribution in [3.63, 3.8) is 0 Å². The second kappa shape index (κ2) is 9.08. The Balaban J connectivity index is 2.20. The van der Waals surface area contributed by atoms with Gasteiger partial charge in [-0.05, 0) is 12.5 Å². The summed E-state index contributed by atoms with van der Waals surface area (Å²) in [4.78, 5) is 48.8. The molecule has 2 amide bonds. The molecule has 176 valence electrons. The third kappa shape index (κ3) is 6.61. The number of hydrogen-bond donors (Lipinski definition) is 7. The topological polar surface area (TPSA) is 242 Å². The molecule has 2 aliphatic rings. The van der Waals surface area contributed by atoms with Crippen LogP contribution in [0.1, 0.15) is 6.92 Å². The summed E-state index contributed by atoms with van der Waals surface area (Å²) in [6.45, 7) is 5.12. The highest BCUT2D eigenvalue weighted by Crippen LogP contribution is 2.67. The van der Waals surface area contributed by atoms with Gasteiger partial charge in [0.05, 0.1) is 0 Å². The van der Waals surface area contributed by atoms with E-state index in [1.165, 1.54) is 6.20 Å². The first-order chi connectivity index (χ1) is 14.2. The number of nitrogens with one attached hydrogen (secondary N) is 1. The Hall–Kier alpha value is -0.830. The van der Waals surface area contributed by atoms with Gasteiger partial charge in [0.15, 0.2) is 6.23 Å². The molecule has 2 heterocycles. The number of phosphoric ester groups is 1. The molecule has 0 aromatic rings. The Morgan fingerprint density at radius 2 is 1.69 bits per heavy atom. The fourth-order valence-corrected chi connectivity index (χ4v) is 5.78. The zero-order chi connectivity index (χ0) is 24.9. The average molecular weight is 516 g/mol. The molecule has 0 spiro atoms. The van der Waals surface area contributed by atoms with E-state index in [0.717, 1.165) is 4.90 Å². The number of aliphatic hydroxyl groups excluding tert-OH is 2. The van der Waals surface area contributed by atoms with Crippen molar-refractivity contribution in [2.75, 3.05) is 0 Å².